The molecule has 1 aliphatic rings. The molecule has 13 nitrogen and oxygen atoms in total. The summed E-state index contributed by atoms with van der Waals surface area (Å²) in [6, 6.07) is 20.6. The van der Waals surface area contributed by atoms with Crippen molar-refractivity contribution < 1.29 is 68.4 Å². The van der Waals surface area contributed by atoms with Crippen molar-refractivity contribution in [2.75, 3.05) is 11.6 Å². The number of alkyl halides is 6. The summed E-state index contributed by atoms with van der Waals surface area (Å²) < 4.78 is 115. The highest BCUT2D eigenvalue weighted by atomic mass is 31.2. The fourth-order valence-corrected chi connectivity index (χ4v) is 8.33. The number of phosphoric ester groups is 1. The minimum atomic E-state index is -4.79. The van der Waals surface area contributed by atoms with Gasteiger partial charge in [-0.25, -0.2) is 9.56 Å². The number of halogens is 6. The molecule has 3 unspecified atom stereocenters. The summed E-state index contributed by atoms with van der Waals surface area (Å²) >= 11 is 0. The van der Waals surface area contributed by atoms with Gasteiger partial charge in [-0.2, -0.15) is 26.3 Å². The number of aliphatic imine (C=N–C) groups is 1. The summed E-state index contributed by atoms with van der Waals surface area (Å²) in [5, 5.41) is 2.35. The van der Waals surface area contributed by atoms with E-state index in [1.807, 2.05) is 0 Å². The molecule has 3 aromatic rings. The van der Waals surface area contributed by atoms with Crippen LogP contribution in [0.1, 0.15) is 90.3 Å². The number of phosphoric acid groups is 1. The summed E-state index contributed by atoms with van der Waals surface area (Å²) in [4.78, 5) is 59.7. The van der Waals surface area contributed by atoms with Crippen LogP contribution in [0.3, 0.4) is 0 Å². The van der Waals surface area contributed by atoms with Crippen molar-refractivity contribution in [3.63, 3.8) is 0 Å². The number of carbonyl (C=O) groups is 4. The Morgan fingerprint density at radius 1 is 0.794 bits per heavy atom. The topological polar surface area (TPSA) is 176 Å². The van der Waals surface area contributed by atoms with Gasteiger partial charge >= 0.3 is 26.1 Å². The molecule has 3 atom stereocenters. The van der Waals surface area contributed by atoms with E-state index in [0.717, 1.165) is 4.90 Å². The number of amides is 3. The van der Waals surface area contributed by atoms with Gasteiger partial charge in [0.05, 0.1) is 29.0 Å². The number of fused-ring (bicyclic) bond motifs is 1. The highest BCUT2D eigenvalue weighted by molar-refractivity contribution is 7.49. The predicted molar refractivity (Wildman–Crippen MR) is 220 cm³/mol. The van der Waals surface area contributed by atoms with Crippen molar-refractivity contribution in [3.05, 3.63) is 95.6 Å². The number of esters is 1. The van der Waals surface area contributed by atoms with Gasteiger partial charge in [0.1, 0.15) is 5.75 Å². The van der Waals surface area contributed by atoms with Crippen LogP contribution in [0.15, 0.2) is 83.9 Å². The van der Waals surface area contributed by atoms with Crippen LogP contribution >= 0.6 is 7.82 Å². The molecule has 4 rings (SSSR count). The van der Waals surface area contributed by atoms with E-state index in [4.69, 9.17) is 24.0 Å². The molecule has 20 heteroatoms. The van der Waals surface area contributed by atoms with E-state index in [-0.39, 0.29) is 23.6 Å². The van der Waals surface area contributed by atoms with Crippen molar-refractivity contribution in [3.8, 4) is 5.75 Å². The molecule has 1 aliphatic heterocycles. The number of benzene rings is 3. The van der Waals surface area contributed by atoms with Crippen LogP contribution in [0, 0.1) is 11.8 Å². The number of anilines is 1. The SMILES string of the molecule is CC(C)(C)OP(=O)(Oc1ccc(CC(=O)OCN2C(=O)C(NC(=O)C(CCCC(F)(F)F)C(CCC(F)(F)F)C(N)=O)N=C(c3ccccc3)c3ccccc32)cc1)OC(C)(C)C. The van der Waals surface area contributed by atoms with E-state index in [9.17, 15) is 50.1 Å². The molecule has 3 N–H and O–H groups in total. The molecular formula is C43H51F6N4O9P. The van der Waals surface area contributed by atoms with Crippen LogP contribution in [0.2, 0.25) is 0 Å². The Balaban J connectivity index is 1.62. The average molecular weight is 913 g/mol. The van der Waals surface area contributed by atoms with Crippen LogP contribution in [-0.2, 0) is 43.9 Å². The first-order chi connectivity index (χ1) is 29.1. The van der Waals surface area contributed by atoms with Gasteiger partial charge in [0.25, 0.3) is 5.91 Å². The molecule has 344 valence electrons. The Labute approximate surface area is 361 Å². The normalized spacial score (nSPS) is 16.0. The molecule has 3 aromatic carbocycles. The third-order valence-corrected chi connectivity index (χ3v) is 11.0. The van der Waals surface area contributed by atoms with E-state index >= 15 is 0 Å². The van der Waals surface area contributed by atoms with Crippen molar-refractivity contribution >= 4 is 42.9 Å². The molecule has 0 saturated heterocycles. The third kappa shape index (κ3) is 16.1. The second kappa shape index (κ2) is 20.5. The molecular weight excluding hydrogens is 861 g/mol. The molecule has 0 saturated carbocycles. The number of nitrogens with zero attached hydrogens (tertiary/aromatic N) is 2. The van der Waals surface area contributed by atoms with E-state index in [1.54, 1.807) is 90.1 Å². The first-order valence-corrected chi connectivity index (χ1v) is 21.3. The van der Waals surface area contributed by atoms with E-state index in [0.29, 0.717) is 16.7 Å². The number of nitrogens with two attached hydrogens (primary N) is 1. The number of ether oxygens (including phenoxy) is 1. The van der Waals surface area contributed by atoms with Crippen molar-refractivity contribution in [2.24, 2.45) is 22.6 Å². The van der Waals surface area contributed by atoms with Gasteiger partial charge in [-0.3, -0.25) is 33.1 Å². The lowest BCUT2D eigenvalue weighted by atomic mass is 9.83. The zero-order chi connectivity index (χ0) is 47.0. The number of para-hydroxylation sites is 1. The Kier molecular flexibility index (Phi) is 16.4. The highest BCUT2D eigenvalue weighted by Crippen LogP contribution is 2.55. The third-order valence-electron chi connectivity index (χ3n) is 9.05. The van der Waals surface area contributed by atoms with Gasteiger partial charge in [0, 0.05) is 35.8 Å². The lowest BCUT2D eigenvalue weighted by molar-refractivity contribution is -0.147. The smallest absolute Gasteiger partial charge is 0.444 e. The Morgan fingerprint density at radius 2 is 1.37 bits per heavy atom. The Morgan fingerprint density at radius 3 is 1.92 bits per heavy atom. The summed E-state index contributed by atoms with van der Waals surface area (Å²) in [7, 11) is -4.13. The maximum absolute atomic E-state index is 14.4. The number of rotatable bonds is 18. The van der Waals surface area contributed by atoms with Gasteiger partial charge < -0.3 is 20.3 Å². The number of benzodiazepines with no additional fused rings is 1. The fraction of sp³-hybridized carbons (Fsp3) is 0.465. The molecule has 0 aromatic heterocycles. The zero-order valence-electron chi connectivity index (χ0n) is 35.5. The molecule has 0 radical (unpaired) electrons. The molecule has 63 heavy (non-hydrogen) atoms. The van der Waals surface area contributed by atoms with Crippen molar-refractivity contribution in [1.82, 2.24) is 5.32 Å². The minimum Gasteiger partial charge on any atom is -0.444 e. The number of primary amides is 1. The maximum Gasteiger partial charge on any atom is 0.531 e. The van der Waals surface area contributed by atoms with Crippen LogP contribution in [0.5, 0.6) is 5.75 Å². The first-order valence-electron chi connectivity index (χ1n) is 19.8. The lowest BCUT2D eigenvalue weighted by Gasteiger charge is -2.30. The predicted octanol–water partition coefficient (Wildman–Crippen LogP) is 8.97. The number of hydrogen-bond acceptors (Lipinski definition) is 10. The monoisotopic (exact) mass is 912 g/mol. The van der Waals surface area contributed by atoms with Gasteiger partial charge in [0.15, 0.2) is 6.73 Å². The van der Waals surface area contributed by atoms with Crippen LogP contribution < -0.4 is 20.5 Å². The van der Waals surface area contributed by atoms with Gasteiger partial charge in [-0.1, -0.05) is 60.7 Å². The molecule has 0 spiro atoms. The molecule has 0 fully saturated rings. The van der Waals surface area contributed by atoms with Crippen LogP contribution in [0.25, 0.3) is 0 Å². The largest absolute Gasteiger partial charge is 0.531 e. The molecule has 3 amide bonds. The van der Waals surface area contributed by atoms with Gasteiger partial charge in [0.2, 0.25) is 18.0 Å². The zero-order valence-corrected chi connectivity index (χ0v) is 36.4. The summed E-state index contributed by atoms with van der Waals surface area (Å²) in [6.07, 6.45) is -17.1. The standard InChI is InChI=1S/C43H51F6N4O9P/c1-40(2,3)61-63(58,62-41(4,5)6)60-29-20-18-27(19-21-29)25-34(54)59-26-53-33-17-11-10-15-32(33)35(28-13-8-7-9-14-28)51-37(39(53)57)52-38(56)31(16-12-23-42(44,45)46)30(36(50)55)22-24-43(47,48)49/h7-11,13-15,17-21,30-31,37H,12,16,22-26H2,1-6H3,(H2,50,55)(H,52,56). The molecule has 1 heterocycles. The summed E-state index contributed by atoms with van der Waals surface area (Å²) in [6.45, 7) is 9.36. The van der Waals surface area contributed by atoms with Crippen molar-refractivity contribution in [1.29, 1.82) is 0 Å². The number of carbonyl (C=O) groups excluding carboxylic acids is 4. The minimum absolute atomic E-state index is 0.114. The first kappa shape index (κ1) is 50.4. The van der Waals surface area contributed by atoms with Gasteiger partial charge in [-0.15, -0.1) is 0 Å². The molecule has 0 bridgehead atoms. The van der Waals surface area contributed by atoms with E-state index in [1.165, 1.54) is 30.3 Å². The van der Waals surface area contributed by atoms with E-state index < -0.39 is 112 Å². The maximum atomic E-state index is 14.4. The van der Waals surface area contributed by atoms with Crippen LogP contribution in [0.4, 0.5) is 32.0 Å². The number of hydrogen-bond donors (Lipinski definition) is 2. The van der Waals surface area contributed by atoms with Gasteiger partial charge in [-0.05, 0) is 84.6 Å². The highest BCUT2D eigenvalue weighted by Gasteiger charge is 2.41. The second-order valence-corrected chi connectivity index (χ2v) is 18.2. The Bertz CT molecular complexity index is 2130. The fourth-order valence-electron chi connectivity index (χ4n) is 6.50. The quantitative estimate of drug-likeness (QED) is 0.0717. The molecule has 0 aliphatic carbocycles. The Hall–Kier alpha value is -5.26. The number of nitrogens with one attached hydrogen (secondary N) is 1. The van der Waals surface area contributed by atoms with Crippen LogP contribution in [-0.4, -0.2) is 65.9 Å². The lowest BCUT2D eigenvalue weighted by Crippen LogP contribution is -2.51. The summed E-state index contributed by atoms with van der Waals surface area (Å²) in [5.41, 5.74) is 5.20. The van der Waals surface area contributed by atoms with E-state index in [2.05, 4.69) is 10.3 Å². The van der Waals surface area contributed by atoms with Crippen molar-refractivity contribution in [2.45, 2.75) is 110 Å². The summed E-state index contributed by atoms with van der Waals surface area (Å²) in [5.74, 6) is -7.95. The average Bonchev–Trinajstić information content (AvgIpc) is 3.25. The second-order valence-electron chi connectivity index (χ2n) is 16.7.